The fourth-order valence-electron chi connectivity index (χ4n) is 7.29. The smallest absolute Gasteiger partial charge is 0.269 e. The van der Waals surface area contributed by atoms with E-state index in [0.717, 1.165) is 22.4 Å². The van der Waals surface area contributed by atoms with Crippen LogP contribution in [0.4, 0.5) is 5.69 Å². The fourth-order valence-corrected chi connectivity index (χ4v) is 7.29. The topological polar surface area (TPSA) is 179 Å². The van der Waals surface area contributed by atoms with Gasteiger partial charge < -0.3 is 33.7 Å². The number of fused-ring (bicyclic) bond motifs is 4. The number of nitrogens with zero attached hydrogens (tertiary/aromatic N) is 4. The number of carbonyl (C=O) groups is 2. The lowest BCUT2D eigenvalue weighted by molar-refractivity contribution is -0.135. The Morgan fingerprint density at radius 1 is 1.04 bits per heavy atom. The highest BCUT2D eigenvalue weighted by Crippen LogP contribution is 2.59. The van der Waals surface area contributed by atoms with Crippen LogP contribution in [-0.4, -0.2) is 49.3 Å². The molecule has 0 aliphatic carbocycles. The molecule has 13 nitrogen and oxygen atoms in total. The number of aromatic nitrogens is 4. The van der Waals surface area contributed by atoms with E-state index >= 15 is 0 Å². The molecule has 50 heavy (non-hydrogen) atoms. The molecule has 3 aromatic heterocycles. The van der Waals surface area contributed by atoms with Crippen molar-refractivity contribution in [2.75, 3.05) is 5.32 Å². The number of rotatable bonds is 6. The molecule has 8 rings (SSSR count). The fraction of sp³-hybridized carbons (Fsp3) is 0.405. The summed E-state index contributed by atoms with van der Waals surface area (Å²) in [7, 11) is 0. The third kappa shape index (κ3) is 4.93. The second-order valence-corrected chi connectivity index (χ2v) is 14.8. The number of carbonyl (C=O) groups excluding carboxylic acids is 2. The lowest BCUT2D eigenvalue weighted by Gasteiger charge is -2.32. The number of aryl methyl sites for hydroxylation is 1. The molecule has 5 atom stereocenters. The SMILES string of the molecule is Cc1nnc(-c2coc(-c3nc4oc3[C@@]35c6ccccc6NC3Oc3ccc(cc35)CC(CC(=O)[C@@H](O)C(C)C)C(=O)N[C@H]4C(C)(C)C)n2)o1. The molecule has 2 aromatic carbocycles. The summed E-state index contributed by atoms with van der Waals surface area (Å²) in [6.07, 6.45) is -0.252. The molecular formula is C37H38N6O7. The van der Waals surface area contributed by atoms with Gasteiger partial charge in [-0.2, -0.15) is 0 Å². The zero-order valence-corrected chi connectivity index (χ0v) is 28.6. The number of hydrogen-bond donors (Lipinski definition) is 3. The van der Waals surface area contributed by atoms with Gasteiger partial charge in [-0.3, -0.25) is 9.59 Å². The van der Waals surface area contributed by atoms with Crippen LogP contribution in [0.25, 0.3) is 23.2 Å². The van der Waals surface area contributed by atoms with Gasteiger partial charge in [-0.1, -0.05) is 65.0 Å². The normalized spacial score (nSPS) is 22.9. The maximum atomic E-state index is 14.2. The van der Waals surface area contributed by atoms with E-state index in [0.29, 0.717) is 28.8 Å². The third-order valence-corrected chi connectivity index (χ3v) is 9.86. The Labute approximate surface area is 287 Å². The summed E-state index contributed by atoms with van der Waals surface area (Å²) in [5.41, 5.74) is 2.41. The maximum Gasteiger partial charge on any atom is 0.269 e. The van der Waals surface area contributed by atoms with Gasteiger partial charge in [0.25, 0.3) is 5.89 Å². The van der Waals surface area contributed by atoms with Crippen LogP contribution in [0, 0.1) is 24.2 Å². The van der Waals surface area contributed by atoms with Crippen LogP contribution in [0.5, 0.6) is 5.75 Å². The van der Waals surface area contributed by atoms with Crippen molar-refractivity contribution >= 4 is 17.4 Å². The van der Waals surface area contributed by atoms with Crippen LogP contribution in [-0.2, 0) is 21.4 Å². The first kappa shape index (κ1) is 31.9. The number of para-hydroxylation sites is 1. The molecule has 1 spiro atoms. The third-order valence-electron chi connectivity index (χ3n) is 9.86. The number of ether oxygens (including phenoxy) is 1. The lowest BCUT2D eigenvalue weighted by atomic mass is 9.72. The molecule has 1 amide bonds. The van der Waals surface area contributed by atoms with Crippen molar-refractivity contribution in [1.82, 2.24) is 25.5 Å². The highest BCUT2D eigenvalue weighted by atomic mass is 16.5. The van der Waals surface area contributed by atoms with Gasteiger partial charge in [0.15, 0.2) is 29.2 Å². The minimum atomic E-state index is -1.18. The van der Waals surface area contributed by atoms with Crippen LogP contribution in [0.1, 0.15) is 81.3 Å². The van der Waals surface area contributed by atoms with E-state index in [4.69, 9.17) is 28.0 Å². The zero-order valence-electron chi connectivity index (χ0n) is 28.6. The summed E-state index contributed by atoms with van der Waals surface area (Å²) in [5, 5.41) is 25.4. The van der Waals surface area contributed by atoms with Gasteiger partial charge in [-0.05, 0) is 41.0 Å². The van der Waals surface area contributed by atoms with Crippen molar-refractivity contribution in [2.24, 2.45) is 17.3 Å². The molecule has 258 valence electrons. The van der Waals surface area contributed by atoms with Gasteiger partial charge in [0.05, 0.1) is 0 Å². The van der Waals surface area contributed by atoms with E-state index in [1.165, 1.54) is 6.26 Å². The number of hydrogen-bond acceptors (Lipinski definition) is 12. The van der Waals surface area contributed by atoms with Crippen molar-refractivity contribution in [1.29, 1.82) is 0 Å². The molecule has 5 aromatic rings. The van der Waals surface area contributed by atoms with Gasteiger partial charge in [-0.15, -0.1) is 10.2 Å². The molecule has 3 aliphatic rings. The molecule has 4 bridgehead atoms. The molecule has 6 heterocycles. The van der Waals surface area contributed by atoms with Gasteiger partial charge in [-0.25, -0.2) is 9.97 Å². The number of Topliss-reactive ketones (excluding diaryl/α,β-unsaturated/α-hetero) is 1. The Balaban J connectivity index is 1.37. The predicted molar refractivity (Wildman–Crippen MR) is 179 cm³/mol. The lowest BCUT2D eigenvalue weighted by Crippen LogP contribution is -2.42. The van der Waals surface area contributed by atoms with E-state index in [2.05, 4.69) is 20.8 Å². The minimum Gasteiger partial charge on any atom is -0.469 e. The molecule has 0 saturated carbocycles. The predicted octanol–water partition coefficient (Wildman–Crippen LogP) is 5.52. The Bertz CT molecular complexity index is 2140. The second-order valence-electron chi connectivity index (χ2n) is 14.8. The number of aliphatic hydroxyl groups excluding tert-OH is 1. The van der Waals surface area contributed by atoms with E-state index in [1.807, 2.05) is 63.2 Å². The number of oxazole rings is 2. The molecule has 13 heteroatoms. The highest BCUT2D eigenvalue weighted by molar-refractivity contribution is 5.89. The molecule has 0 saturated heterocycles. The van der Waals surface area contributed by atoms with E-state index in [1.54, 1.807) is 20.8 Å². The summed E-state index contributed by atoms with van der Waals surface area (Å²) in [4.78, 5) is 37.3. The van der Waals surface area contributed by atoms with Crippen molar-refractivity contribution in [2.45, 2.75) is 78.2 Å². The second kappa shape index (κ2) is 11.4. The maximum absolute atomic E-state index is 14.2. The van der Waals surface area contributed by atoms with Crippen LogP contribution in [0.2, 0.25) is 0 Å². The first-order valence-electron chi connectivity index (χ1n) is 16.8. The molecular weight excluding hydrogens is 640 g/mol. The van der Waals surface area contributed by atoms with Crippen LogP contribution < -0.4 is 15.4 Å². The summed E-state index contributed by atoms with van der Waals surface area (Å²) < 4.78 is 25.3. The van der Waals surface area contributed by atoms with Gasteiger partial charge in [0.1, 0.15) is 29.6 Å². The summed E-state index contributed by atoms with van der Waals surface area (Å²) in [6.45, 7) is 11.2. The number of nitrogens with one attached hydrogen (secondary N) is 2. The Kier molecular flexibility index (Phi) is 7.26. The number of anilines is 1. The monoisotopic (exact) mass is 678 g/mol. The molecule has 2 unspecified atom stereocenters. The first-order chi connectivity index (χ1) is 23.8. The van der Waals surface area contributed by atoms with Crippen molar-refractivity contribution < 1.29 is 32.7 Å². The summed E-state index contributed by atoms with van der Waals surface area (Å²) in [6, 6.07) is 13.0. The summed E-state index contributed by atoms with van der Waals surface area (Å²) in [5.74, 6) is 0.237. The minimum absolute atomic E-state index is 0.135. The van der Waals surface area contributed by atoms with Gasteiger partial charge in [0, 0.05) is 30.5 Å². The quantitative estimate of drug-likeness (QED) is 0.205. The van der Waals surface area contributed by atoms with Crippen molar-refractivity contribution in [3.05, 3.63) is 83.0 Å². The Hall–Kier alpha value is -5.30. The Morgan fingerprint density at radius 2 is 1.84 bits per heavy atom. The Morgan fingerprint density at radius 3 is 2.58 bits per heavy atom. The summed E-state index contributed by atoms with van der Waals surface area (Å²) >= 11 is 0. The number of ketones is 1. The van der Waals surface area contributed by atoms with Gasteiger partial charge >= 0.3 is 0 Å². The van der Waals surface area contributed by atoms with E-state index in [-0.39, 0.29) is 48.1 Å². The molecule has 3 aliphatic heterocycles. The number of amides is 1. The van der Waals surface area contributed by atoms with E-state index in [9.17, 15) is 14.7 Å². The molecule has 3 N–H and O–H groups in total. The average molecular weight is 679 g/mol. The van der Waals surface area contributed by atoms with Crippen LogP contribution in [0.15, 0.2) is 62.0 Å². The molecule has 0 radical (unpaired) electrons. The molecule has 0 fully saturated rings. The van der Waals surface area contributed by atoms with Crippen LogP contribution in [0.3, 0.4) is 0 Å². The van der Waals surface area contributed by atoms with Crippen molar-refractivity contribution in [3.8, 4) is 28.9 Å². The first-order valence-corrected chi connectivity index (χ1v) is 16.8. The van der Waals surface area contributed by atoms with Gasteiger partial charge in [0.2, 0.25) is 23.6 Å². The largest absolute Gasteiger partial charge is 0.469 e. The standard InChI is InChI=1S/C37H38N6O7/c1-17(2)28(45)25(44)15-20-13-19-11-12-26-22(14-19)37(21-9-7-8-10-23(21)39-35(37)49-26)30-27(33-38-24(16-47-33)32-43-42-18(3)48-32)40-34(50-30)29(36(4,5)6)41-31(20)46/h7-12,14,16-17,20,28-29,35,39,45H,13,15H2,1-6H3,(H,41,46)/t20?,28-,29+,35?,37-/m0/s1. The van der Waals surface area contributed by atoms with Crippen LogP contribution >= 0.6 is 0 Å². The highest BCUT2D eigenvalue weighted by Gasteiger charge is 2.61. The number of aliphatic hydroxyl groups is 1. The number of benzene rings is 2. The van der Waals surface area contributed by atoms with E-state index < -0.39 is 35.1 Å². The zero-order chi connectivity index (χ0) is 35.1. The van der Waals surface area contributed by atoms with Crippen molar-refractivity contribution in [3.63, 3.8) is 0 Å². The average Bonchev–Trinajstić information content (AvgIpc) is 3.89.